The lowest BCUT2D eigenvalue weighted by molar-refractivity contribution is 0.0851. The molecular formula is C15H16ClF2N3O2. The Hall–Kier alpha value is -1.99. The molecule has 0 fully saturated rings. The quantitative estimate of drug-likeness (QED) is 0.896. The molecule has 1 aromatic heterocycles. The summed E-state index contributed by atoms with van der Waals surface area (Å²) in [5, 5.41) is 17.0. The molecule has 0 aliphatic heterocycles. The molecule has 2 N–H and O–H groups in total. The molecular weight excluding hydrogens is 328 g/mol. The Kier molecular flexibility index (Phi) is 5.01. The van der Waals surface area contributed by atoms with Crippen LogP contribution in [0.15, 0.2) is 18.2 Å². The average Bonchev–Trinajstić information content (AvgIpc) is 2.74. The Morgan fingerprint density at radius 3 is 2.57 bits per heavy atom. The molecule has 0 saturated carbocycles. The second kappa shape index (κ2) is 6.64. The second-order valence-corrected chi connectivity index (χ2v) is 5.61. The number of aromatic nitrogens is 2. The lowest BCUT2D eigenvalue weighted by Gasteiger charge is -2.20. The third kappa shape index (κ3) is 3.51. The number of aliphatic hydroxyl groups is 1. The number of halogens is 3. The summed E-state index contributed by atoms with van der Waals surface area (Å²) >= 11 is 6.01. The summed E-state index contributed by atoms with van der Waals surface area (Å²) < 4.78 is 27.5. The van der Waals surface area contributed by atoms with Crippen LogP contribution in [0.4, 0.5) is 8.78 Å². The van der Waals surface area contributed by atoms with Crippen LogP contribution in [-0.4, -0.2) is 26.8 Å². The predicted octanol–water partition coefficient (Wildman–Crippen LogP) is 2.51. The maximum Gasteiger partial charge on any atom is 0.256 e. The first-order valence-electron chi connectivity index (χ1n) is 6.85. The van der Waals surface area contributed by atoms with Gasteiger partial charge in [0.1, 0.15) is 5.15 Å². The number of hydrogen-bond acceptors (Lipinski definition) is 3. The maximum atomic E-state index is 13.2. The van der Waals surface area contributed by atoms with Gasteiger partial charge < -0.3 is 10.4 Å². The minimum atomic E-state index is -1.20. The molecule has 2 atom stereocenters. The summed E-state index contributed by atoms with van der Waals surface area (Å²) in [6, 6.07) is 2.33. The number of carbonyl (C=O) groups excluding carboxylic acids is 1. The molecule has 0 spiro atoms. The summed E-state index contributed by atoms with van der Waals surface area (Å²) in [6.07, 6.45) is -1.20. The standard InChI is InChI=1S/C15H16ClF2N3O2/c1-7-12(14(16)21(3)20-7)15(23)19-8(2)13(22)9-4-5-10(17)11(18)6-9/h4-6,8,13,22H,1-3H3,(H,19,23). The van der Waals surface area contributed by atoms with Gasteiger partial charge in [-0.3, -0.25) is 9.48 Å². The molecule has 23 heavy (non-hydrogen) atoms. The van der Waals surface area contributed by atoms with E-state index in [1.165, 1.54) is 10.7 Å². The van der Waals surface area contributed by atoms with Crippen LogP contribution in [-0.2, 0) is 7.05 Å². The zero-order valence-electron chi connectivity index (χ0n) is 12.8. The van der Waals surface area contributed by atoms with Gasteiger partial charge in [0.05, 0.1) is 23.4 Å². The largest absolute Gasteiger partial charge is 0.386 e. The van der Waals surface area contributed by atoms with Crippen LogP contribution in [0.5, 0.6) is 0 Å². The molecule has 1 heterocycles. The van der Waals surface area contributed by atoms with Gasteiger partial charge in [0.25, 0.3) is 5.91 Å². The van der Waals surface area contributed by atoms with Gasteiger partial charge in [0, 0.05) is 7.05 Å². The van der Waals surface area contributed by atoms with Crippen molar-refractivity contribution in [3.8, 4) is 0 Å². The van der Waals surface area contributed by atoms with Crippen LogP contribution >= 0.6 is 11.6 Å². The number of aryl methyl sites for hydroxylation is 2. The van der Waals surface area contributed by atoms with Gasteiger partial charge in [-0.25, -0.2) is 8.78 Å². The van der Waals surface area contributed by atoms with Crippen LogP contribution in [0.25, 0.3) is 0 Å². The van der Waals surface area contributed by atoms with E-state index in [1.807, 2.05) is 0 Å². The Morgan fingerprint density at radius 2 is 2.04 bits per heavy atom. The summed E-state index contributed by atoms with van der Waals surface area (Å²) in [5.41, 5.74) is 0.814. The third-order valence-corrected chi connectivity index (χ3v) is 3.93. The molecule has 5 nitrogen and oxygen atoms in total. The third-order valence-electron chi connectivity index (χ3n) is 3.50. The average molecular weight is 344 g/mol. The normalized spacial score (nSPS) is 13.7. The number of aliphatic hydroxyl groups excluding tert-OH is 1. The van der Waals surface area contributed by atoms with E-state index in [2.05, 4.69) is 10.4 Å². The summed E-state index contributed by atoms with van der Waals surface area (Å²) in [5.74, 6) is -2.57. The molecule has 2 aromatic rings. The Labute approximate surface area is 136 Å². The van der Waals surface area contributed by atoms with Crippen LogP contribution in [0.1, 0.15) is 34.6 Å². The highest BCUT2D eigenvalue weighted by Gasteiger charge is 2.24. The summed E-state index contributed by atoms with van der Waals surface area (Å²) in [7, 11) is 1.60. The predicted molar refractivity (Wildman–Crippen MR) is 81.2 cm³/mol. The fourth-order valence-electron chi connectivity index (χ4n) is 2.23. The molecule has 2 unspecified atom stereocenters. The molecule has 1 amide bonds. The van der Waals surface area contributed by atoms with Crippen LogP contribution < -0.4 is 5.32 Å². The van der Waals surface area contributed by atoms with Crippen molar-refractivity contribution >= 4 is 17.5 Å². The van der Waals surface area contributed by atoms with Crippen molar-refractivity contribution in [3.05, 3.63) is 51.8 Å². The van der Waals surface area contributed by atoms with Crippen molar-refractivity contribution < 1.29 is 18.7 Å². The smallest absolute Gasteiger partial charge is 0.256 e. The van der Waals surface area contributed by atoms with E-state index in [9.17, 15) is 18.7 Å². The lowest BCUT2D eigenvalue weighted by atomic mass is 10.0. The highest BCUT2D eigenvalue weighted by atomic mass is 35.5. The van der Waals surface area contributed by atoms with E-state index in [4.69, 9.17) is 11.6 Å². The van der Waals surface area contributed by atoms with Crippen LogP contribution in [0.3, 0.4) is 0 Å². The first-order valence-corrected chi connectivity index (χ1v) is 7.23. The van der Waals surface area contributed by atoms with Gasteiger partial charge >= 0.3 is 0 Å². The molecule has 0 aliphatic carbocycles. The van der Waals surface area contributed by atoms with Crippen molar-refractivity contribution in [2.45, 2.75) is 26.0 Å². The van der Waals surface area contributed by atoms with E-state index < -0.39 is 29.7 Å². The van der Waals surface area contributed by atoms with E-state index in [1.54, 1.807) is 20.9 Å². The Bertz CT molecular complexity index is 749. The molecule has 0 aliphatic rings. The van der Waals surface area contributed by atoms with E-state index in [0.29, 0.717) is 5.69 Å². The monoisotopic (exact) mass is 343 g/mol. The summed E-state index contributed by atoms with van der Waals surface area (Å²) in [4.78, 5) is 12.3. The van der Waals surface area contributed by atoms with Gasteiger partial charge in [0.2, 0.25) is 0 Å². The number of nitrogens with one attached hydrogen (secondary N) is 1. The first-order chi connectivity index (χ1) is 10.7. The van der Waals surface area contributed by atoms with E-state index in [-0.39, 0.29) is 16.3 Å². The fraction of sp³-hybridized carbons (Fsp3) is 0.333. The van der Waals surface area contributed by atoms with Crippen LogP contribution in [0.2, 0.25) is 5.15 Å². The molecule has 8 heteroatoms. The maximum absolute atomic E-state index is 13.2. The van der Waals surface area contributed by atoms with Gasteiger partial charge in [-0.15, -0.1) is 0 Å². The number of hydrogen-bond donors (Lipinski definition) is 2. The number of nitrogens with zero attached hydrogens (tertiary/aromatic N) is 2. The SMILES string of the molecule is Cc1nn(C)c(Cl)c1C(=O)NC(C)C(O)c1ccc(F)c(F)c1. The van der Waals surface area contributed by atoms with Gasteiger partial charge in [-0.1, -0.05) is 17.7 Å². The zero-order valence-corrected chi connectivity index (χ0v) is 13.5. The second-order valence-electron chi connectivity index (χ2n) is 5.26. The molecule has 2 rings (SSSR count). The van der Waals surface area contributed by atoms with E-state index >= 15 is 0 Å². The number of rotatable bonds is 4. The number of benzene rings is 1. The minimum absolute atomic E-state index is 0.158. The van der Waals surface area contributed by atoms with Gasteiger partial charge in [0.15, 0.2) is 11.6 Å². The highest BCUT2D eigenvalue weighted by molar-refractivity contribution is 6.33. The fourth-order valence-corrected chi connectivity index (χ4v) is 2.49. The van der Waals surface area contributed by atoms with Crippen molar-refractivity contribution in [3.63, 3.8) is 0 Å². The Balaban J connectivity index is 2.15. The topological polar surface area (TPSA) is 67.2 Å². The van der Waals surface area contributed by atoms with Crippen LogP contribution in [0, 0.1) is 18.6 Å². The highest BCUT2D eigenvalue weighted by Crippen LogP contribution is 2.22. The first kappa shape index (κ1) is 17.4. The molecule has 0 bridgehead atoms. The van der Waals surface area contributed by atoms with Crippen molar-refractivity contribution in [2.24, 2.45) is 7.05 Å². The minimum Gasteiger partial charge on any atom is -0.386 e. The molecule has 0 radical (unpaired) electrons. The van der Waals surface area contributed by atoms with Gasteiger partial charge in [-0.2, -0.15) is 5.10 Å². The zero-order chi connectivity index (χ0) is 17.3. The van der Waals surface area contributed by atoms with Gasteiger partial charge in [-0.05, 0) is 31.5 Å². The van der Waals surface area contributed by atoms with Crippen molar-refractivity contribution in [2.75, 3.05) is 0 Å². The van der Waals surface area contributed by atoms with E-state index in [0.717, 1.165) is 12.1 Å². The number of carbonyl (C=O) groups is 1. The molecule has 124 valence electrons. The lowest BCUT2D eigenvalue weighted by Crippen LogP contribution is -2.37. The Morgan fingerprint density at radius 1 is 1.39 bits per heavy atom. The molecule has 1 aromatic carbocycles. The van der Waals surface area contributed by atoms with Crippen molar-refractivity contribution in [1.29, 1.82) is 0 Å². The molecule has 0 saturated heterocycles. The number of amides is 1. The summed E-state index contributed by atoms with van der Waals surface area (Å²) in [6.45, 7) is 3.18. The van der Waals surface area contributed by atoms with Crippen molar-refractivity contribution in [1.82, 2.24) is 15.1 Å².